The van der Waals surface area contributed by atoms with Crippen LogP contribution in [0.3, 0.4) is 0 Å². The van der Waals surface area contributed by atoms with E-state index >= 15 is 0 Å². The fourth-order valence-electron chi connectivity index (χ4n) is 4.10. The second-order valence-electron chi connectivity index (χ2n) is 10.5. The van der Waals surface area contributed by atoms with Gasteiger partial charge in [-0.05, 0) is 63.4 Å². The van der Waals surface area contributed by atoms with Crippen molar-refractivity contribution >= 4 is 23.9 Å². The van der Waals surface area contributed by atoms with Crippen LogP contribution in [0, 0.1) is 6.92 Å². The Labute approximate surface area is 241 Å². The molecule has 10 nitrogen and oxygen atoms in total. The third-order valence-electron chi connectivity index (χ3n) is 5.91. The van der Waals surface area contributed by atoms with Crippen molar-refractivity contribution in [2.45, 2.75) is 65.1 Å². The number of benzene rings is 2. The Morgan fingerprint density at radius 2 is 1.78 bits per heavy atom. The highest BCUT2D eigenvalue weighted by atomic mass is 16.6. The number of hydrogen-bond donors (Lipinski definition) is 3. The maximum atomic E-state index is 14.2. The van der Waals surface area contributed by atoms with E-state index in [4.69, 9.17) is 9.47 Å². The molecule has 3 amide bonds. The maximum absolute atomic E-state index is 14.2. The SMILES string of the molecule is C=CCN(C(=O)C(Cc1ccccc1)NC(=O)OC(C)(C)C)C(C(=O)NCCC(=O)OCC)c1ccc(O)c(C)c1. The second-order valence-corrected chi connectivity index (χ2v) is 10.5. The molecule has 0 aliphatic rings. The number of carbonyl (C=O) groups is 4. The molecule has 41 heavy (non-hydrogen) atoms. The van der Waals surface area contributed by atoms with Gasteiger partial charge in [-0.25, -0.2) is 4.79 Å². The molecule has 2 aromatic rings. The quantitative estimate of drug-likeness (QED) is 0.246. The van der Waals surface area contributed by atoms with E-state index in [1.165, 1.54) is 17.0 Å². The zero-order valence-electron chi connectivity index (χ0n) is 24.4. The smallest absolute Gasteiger partial charge is 0.408 e. The lowest BCUT2D eigenvalue weighted by molar-refractivity contribution is -0.144. The Morgan fingerprint density at radius 3 is 2.37 bits per heavy atom. The van der Waals surface area contributed by atoms with E-state index in [0.29, 0.717) is 11.1 Å². The first-order valence-corrected chi connectivity index (χ1v) is 13.5. The number of nitrogens with one attached hydrogen (secondary N) is 2. The fraction of sp³-hybridized carbons (Fsp3) is 0.419. The summed E-state index contributed by atoms with van der Waals surface area (Å²) in [7, 11) is 0. The summed E-state index contributed by atoms with van der Waals surface area (Å²) < 4.78 is 10.4. The number of nitrogens with zero attached hydrogens (tertiary/aromatic N) is 1. The second kappa shape index (κ2) is 15.4. The molecule has 0 saturated carbocycles. The topological polar surface area (TPSA) is 134 Å². The number of hydrogen-bond acceptors (Lipinski definition) is 7. The van der Waals surface area contributed by atoms with Crippen LogP contribution in [0.5, 0.6) is 5.75 Å². The molecule has 2 unspecified atom stereocenters. The number of alkyl carbamates (subject to hydrolysis) is 1. The average molecular weight is 568 g/mol. The van der Waals surface area contributed by atoms with Crippen molar-refractivity contribution in [1.82, 2.24) is 15.5 Å². The summed E-state index contributed by atoms with van der Waals surface area (Å²) in [4.78, 5) is 53.7. The molecule has 0 heterocycles. The third kappa shape index (κ3) is 10.6. The van der Waals surface area contributed by atoms with Crippen molar-refractivity contribution in [3.05, 3.63) is 77.9 Å². The number of phenols is 1. The van der Waals surface area contributed by atoms with Gasteiger partial charge in [0.15, 0.2) is 0 Å². The van der Waals surface area contributed by atoms with Crippen molar-refractivity contribution in [2.75, 3.05) is 19.7 Å². The van der Waals surface area contributed by atoms with Crippen LogP contribution in [0.2, 0.25) is 0 Å². The first-order valence-electron chi connectivity index (χ1n) is 13.5. The predicted octanol–water partition coefficient (Wildman–Crippen LogP) is 3.96. The van der Waals surface area contributed by atoms with Gasteiger partial charge < -0.3 is 30.1 Å². The summed E-state index contributed by atoms with van der Waals surface area (Å²) in [5.74, 6) is -1.53. The van der Waals surface area contributed by atoms with Crippen LogP contribution in [-0.4, -0.2) is 65.2 Å². The van der Waals surface area contributed by atoms with E-state index in [1.54, 1.807) is 46.8 Å². The monoisotopic (exact) mass is 567 g/mol. The molecule has 0 spiro atoms. The van der Waals surface area contributed by atoms with Crippen LogP contribution < -0.4 is 10.6 Å². The minimum atomic E-state index is -1.17. The summed E-state index contributed by atoms with van der Waals surface area (Å²) in [5.41, 5.74) is 0.928. The Hall–Kier alpha value is -4.34. The highest BCUT2D eigenvalue weighted by Gasteiger charge is 2.36. The van der Waals surface area contributed by atoms with E-state index in [1.807, 2.05) is 30.3 Å². The molecule has 2 rings (SSSR count). The maximum Gasteiger partial charge on any atom is 0.408 e. The van der Waals surface area contributed by atoms with Gasteiger partial charge >= 0.3 is 12.1 Å². The van der Waals surface area contributed by atoms with Crippen LogP contribution in [0.25, 0.3) is 0 Å². The van der Waals surface area contributed by atoms with Gasteiger partial charge in [-0.1, -0.05) is 42.5 Å². The van der Waals surface area contributed by atoms with Crippen molar-refractivity contribution in [1.29, 1.82) is 0 Å². The number of aryl methyl sites for hydroxylation is 1. The predicted molar refractivity (Wildman–Crippen MR) is 155 cm³/mol. The summed E-state index contributed by atoms with van der Waals surface area (Å²) in [5, 5.41) is 15.5. The lowest BCUT2D eigenvalue weighted by Crippen LogP contribution is -2.54. The van der Waals surface area contributed by atoms with Crippen LogP contribution in [0.4, 0.5) is 4.79 Å². The van der Waals surface area contributed by atoms with Gasteiger partial charge in [-0.15, -0.1) is 6.58 Å². The van der Waals surface area contributed by atoms with E-state index in [-0.39, 0.29) is 38.3 Å². The van der Waals surface area contributed by atoms with Crippen molar-refractivity contribution < 1.29 is 33.8 Å². The first-order chi connectivity index (χ1) is 19.4. The largest absolute Gasteiger partial charge is 0.508 e. The molecule has 2 atom stereocenters. The highest BCUT2D eigenvalue weighted by Crippen LogP contribution is 2.27. The van der Waals surface area contributed by atoms with Gasteiger partial charge in [0.2, 0.25) is 11.8 Å². The molecule has 0 radical (unpaired) electrons. The first kappa shape index (κ1) is 32.9. The number of ether oxygens (including phenoxy) is 2. The fourth-order valence-corrected chi connectivity index (χ4v) is 4.10. The molecule has 2 aromatic carbocycles. The number of aromatic hydroxyl groups is 1. The molecular formula is C31H41N3O7. The molecule has 0 bridgehead atoms. The van der Waals surface area contributed by atoms with Gasteiger partial charge in [-0.3, -0.25) is 14.4 Å². The standard InChI is InChI=1S/C31H41N3O7/c1-7-18-34(29(38)24(20-22-12-10-9-11-13-22)33-30(39)41-31(4,5)6)27(23-14-15-25(35)21(3)19-23)28(37)32-17-16-26(36)40-8-2/h7,9-15,19,24,27,35H,1,8,16-18,20H2,2-6H3,(H,32,37)(H,33,39). The number of rotatable bonds is 13. The zero-order chi connectivity index (χ0) is 30.6. The zero-order valence-corrected chi connectivity index (χ0v) is 24.4. The number of amides is 3. The summed E-state index contributed by atoms with van der Waals surface area (Å²) in [6.45, 7) is 12.5. The van der Waals surface area contributed by atoms with E-state index in [0.717, 1.165) is 5.56 Å². The molecule has 10 heteroatoms. The number of phenolic OH excluding ortho intramolecular Hbond substituents is 1. The molecular weight excluding hydrogens is 526 g/mol. The summed E-state index contributed by atoms with van der Waals surface area (Å²) in [6.07, 6.45) is 0.795. The Balaban J connectivity index is 2.49. The Morgan fingerprint density at radius 1 is 1.10 bits per heavy atom. The molecule has 0 aromatic heterocycles. The van der Waals surface area contributed by atoms with Gasteiger partial charge in [0.05, 0.1) is 13.0 Å². The minimum Gasteiger partial charge on any atom is -0.508 e. The Bertz CT molecular complexity index is 1210. The van der Waals surface area contributed by atoms with Gasteiger partial charge in [-0.2, -0.15) is 0 Å². The minimum absolute atomic E-state index is 0.00897. The number of esters is 1. The van der Waals surface area contributed by atoms with Gasteiger partial charge in [0.25, 0.3) is 0 Å². The molecule has 0 saturated heterocycles. The van der Waals surface area contributed by atoms with Crippen molar-refractivity contribution in [3.63, 3.8) is 0 Å². The van der Waals surface area contributed by atoms with Gasteiger partial charge in [0, 0.05) is 19.5 Å². The molecule has 0 aliphatic carbocycles. The number of carbonyl (C=O) groups excluding carboxylic acids is 4. The van der Waals surface area contributed by atoms with E-state index in [9.17, 15) is 24.3 Å². The van der Waals surface area contributed by atoms with Crippen LogP contribution in [0.15, 0.2) is 61.2 Å². The van der Waals surface area contributed by atoms with Crippen molar-refractivity contribution in [3.8, 4) is 5.75 Å². The van der Waals surface area contributed by atoms with E-state index < -0.39 is 41.6 Å². The van der Waals surface area contributed by atoms with Gasteiger partial charge in [0.1, 0.15) is 23.4 Å². The summed E-state index contributed by atoms with van der Waals surface area (Å²) in [6, 6.07) is 11.5. The van der Waals surface area contributed by atoms with Crippen LogP contribution in [-0.2, 0) is 30.3 Å². The molecule has 222 valence electrons. The molecule has 0 fully saturated rings. The highest BCUT2D eigenvalue weighted by molar-refractivity contribution is 5.92. The van der Waals surface area contributed by atoms with Crippen molar-refractivity contribution in [2.24, 2.45) is 0 Å². The third-order valence-corrected chi connectivity index (χ3v) is 5.91. The lowest BCUT2D eigenvalue weighted by atomic mass is 9.98. The average Bonchev–Trinajstić information content (AvgIpc) is 2.89. The Kier molecular flexibility index (Phi) is 12.4. The summed E-state index contributed by atoms with van der Waals surface area (Å²) >= 11 is 0. The molecule has 0 aliphatic heterocycles. The van der Waals surface area contributed by atoms with E-state index in [2.05, 4.69) is 17.2 Å². The lowest BCUT2D eigenvalue weighted by Gasteiger charge is -2.34. The normalized spacial score (nSPS) is 12.4. The van der Waals surface area contributed by atoms with Crippen LogP contribution in [0.1, 0.15) is 56.8 Å². The van der Waals surface area contributed by atoms with Crippen LogP contribution >= 0.6 is 0 Å². The molecule has 3 N–H and O–H groups in total.